The molecule has 0 amide bonds. The minimum Gasteiger partial charge on any atom is -0.380 e. The second-order valence-corrected chi connectivity index (χ2v) is 2.40. The molecule has 0 bridgehead atoms. The van der Waals surface area contributed by atoms with E-state index in [0.29, 0.717) is 0 Å². The summed E-state index contributed by atoms with van der Waals surface area (Å²) >= 11 is 4.14. The second-order valence-electron chi connectivity index (χ2n) is 1.88. The highest BCUT2D eigenvalue weighted by molar-refractivity contribution is 7.80. The monoisotopic (exact) mass is 139 g/mol. The van der Waals surface area contributed by atoms with Crippen LogP contribution in [0.4, 0.5) is 0 Å². The number of hydrogen-bond donors (Lipinski definition) is 2. The van der Waals surface area contributed by atoms with Crippen LogP contribution in [-0.4, -0.2) is 5.16 Å². The van der Waals surface area contributed by atoms with Gasteiger partial charge in [-0.1, -0.05) is 0 Å². The summed E-state index contributed by atoms with van der Waals surface area (Å²) in [7, 11) is 0. The van der Waals surface area contributed by atoms with Gasteiger partial charge in [0.25, 0.3) is 0 Å². The molecule has 46 valence electrons. The van der Waals surface area contributed by atoms with Crippen molar-refractivity contribution >= 4 is 23.7 Å². The average Bonchev–Trinajstić information content (AvgIpc) is 1.78. The Labute approximate surface area is 57.2 Å². The molecule has 0 fully saturated rings. The molecule has 2 rings (SSSR count). The number of thiol groups is 1. The minimum absolute atomic E-state index is 0.896. The third kappa shape index (κ3) is 0.650. The van der Waals surface area contributed by atoms with Gasteiger partial charge in [-0.2, -0.15) is 0 Å². The zero-order valence-electron chi connectivity index (χ0n) is 4.59. The molecule has 0 aliphatic rings. The molecule has 1 heterocycles. The Bertz CT molecular complexity index is 322. The van der Waals surface area contributed by atoms with Crippen LogP contribution in [0.5, 0.6) is 0 Å². The van der Waals surface area contributed by atoms with Gasteiger partial charge < -0.3 is 4.52 Å². The van der Waals surface area contributed by atoms with Crippen LogP contribution in [-0.2, 0) is 0 Å². The maximum Gasteiger partial charge on any atom is 0.181 e. The quantitative estimate of drug-likeness (QED) is 0.537. The molecule has 2 nitrogen and oxygen atoms in total. The maximum atomic E-state index is 4.85. The Morgan fingerprint density at radius 3 is 2.78 bits per heavy atom. The van der Waals surface area contributed by atoms with Gasteiger partial charge in [-0.25, -0.2) is 5.16 Å². The number of nitrogens with one attached hydrogen (secondary N) is 1. The molecule has 0 saturated heterocycles. The molecule has 1 aromatic carbocycles. The van der Waals surface area contributed by atoms with E-state index in [1.54, 1.807) is 0 Å². The van der Waals surface area contributed by atoms with E-state index in [9.17, 15) is 0 Å². The van der Waals surface area contributed by atoms with Crippen LogP contribution in [0.25, 0.3) is 11.1 Å². The number of rotatable bonds is 0. The first-order valence-corrected chi connectivity index (χ1v) is 3.07. The van der Waals surface area contributed by atoms with Gasteiger partial charge in [0.05, 0.1) is 0 Å². The fourth-order valence-corrected chi connectivity index (χ4v) is 0.954. The average molecular weight is 139 g/mol. The molecule has 0 unspecified atom stereocenters. The Morgan fingerprint density at radius 1 is 1.44 bits per heavy atom. The Morgan fingerprint density at radius 2 is 2.33 bits per heavy atom. The van der Waals surface area contributed by atoms with E-state index >= 15 is 0 Å². The van der Waals surface area contributed by atoms with Gasteiger partial charge in [0.2, 0.25) is 0 Å². The van der Waals surface area contributed by atoms with Crippen molar-refractivity contribution in [2.45, 2.75) is 4.90 Å². The predicted octanol–water partition coefficient (Wildman–Crippen LogP) is 2.05. The van der Waals surface area contributed by atoms with Crippen molar-refractivity contribution in [1.82, 2.24) is 5.16 Å². The van der Waals surface area contributed by atoms with Gasteiger partial charge in [-0.05, 0) is 18.2 Å². The Balaban J connectivity index is 2.78. The van der Waals surface area contributed by atoms with Crippen molar-refractivity contribution in [3.8, 4) is 0 Å². The summed E-state index contributed by atoms with van der Waals surface area (Å²) in [6, 6.07) is 5.69. The first-order valence-electron chi connectivity index (χ1n) is 2.62. The number of H-pyrrole nitrogens is 1. The molecule has 2 aromatic rings. The lowest BCUT2D eigenvalue weighted by Crippen LogP contribution is -1.81. The summed E-state index contributed by atoms with van der Waals surface area (Å²) < 4.78 is 4.85. The first-order chi connectivity index (χ1) is 4.36. The van der Waals surface area contributed by atoms with Crippen LogP contribution in [0.3, 0.4) is 0 Å². The third-order valence-electron chi connectivity index (χ3n) is 1.23. The molecule has 0 aliphatic heterocycles. The maximum absolute atomic E-state index is 4.85. The van der Waals surface area contributed by atoms with Gasteiger partial charge in [0, 0.05) is 4.90 Å². The number of aromatic nitrogens is 1. The lowest BCUT2D eigenvalue weighted by molar-refractivity contribution is 0.424. The van der Waals surface area contributed by atoms with Gasteiger partial charge in [-0.3, -0.25) is 0 Å². The SMILES string of the molecule is Sc1ccc2o[nH]c2c1. The van der Waals surface area contributed by atoms with Gasteiger partial charge in [0.15, 0.2) is 5.58 Å². The molecular formula is C6H5NOS. The molecular weight excluding hydrogens is 134 g/mol. The molecule has 3 heteroatoms. The predicted molar refractivity (Wildman–Crippen MR) is 37.8 cm³/mol. The second kappa shape index (κ2) is 1.57. The summed E-state index contributed by atoms with van der Waals surface area (Å²) in [5, 5.41) is 2.68. The zero-order chi connectivity index (χ0) is 6.27. The molecule has 1 aromatic heterocycles. The molecule has 0 atom stereocenters. The smallest absolute Gasteiger partial charge is 0.181 e. The van der Waals surface area contributed by atoms with Crippen LogP contribution >= 0.6 is 12.6 Å². The topological polar surface area (TPSA) is 28.9 Å². The summed E-state index contributed by atoms with van der Waals surface area (Å²) in [5.41, 5.74) is 1.91. The molecule has 0 saturated carbocycles. The number of hydrogen-bond acceptors (Lipinski definition) is 2. The fourth-order valence-electron chi connectivity index (χ4n) is 0.750. The van der Waals surface area contributed by atoms with E-state index in [0.717, 1.165) is 16.0 Å². The molecule has 1 N–H and O–H groups in total. The van der Waals surface area contributed by atoms with E-state index in [1.807, 2.05) is 18.2 Å². The van der Waals surface area contributed by atoms with E-state index in [2.05, 4.69) is 17.8 Å². The van der Waals surface area contributed by atoms with Crippen LogP contribution < -0.4 is 0 Å². The largest absolute Gasteiger partial charge is 0.380 e. The molecule has 9 heavy (non-hydrogen) atoms. The summed E-state index contributed by atoms with van der Waals surface area (Å²) in [6.45, 7) is 0. The number of fused-ring (bicyclic) bond motifs is 1. The van der Waals surface area contributed by atoms with Gasteiger partial charge in [-0.15, -0.1) is 12.6 Å². The molecule has 0 aliphatic carbocycles. The van der Waals surface area contributed by atoms with Crippen LogP contribution in [0.2, 0.25) is 0 Å². The van der Waals surface area contributed by atoms with Crippen LogP contribution in [0.1, 0.15) is 0 Å². The van der Waals surface area contributed by atoms with Crippen LogP contribution in [0.15, 0.2) is 27.6 Å². The van der Waals surface area contributed by atoms with Gasteiger partial charge >= 0.3 is 0 Å². The van der Waals surface area contributed by atoms with Crippen molar-refractivity contribution in [3.63, 3.8) is 0 Å². The standard InChI is InChI=1S/C6H5NOS/c9-4-1-2-6-5(3-4)7-8-6/h1-3,7,9H. The van der Waals surface area contributed by atoms with Crippen molar-refractivity contribution in [1.29, 1.82) is 0 Å². The van der Waals surface area contributed by atoms with E-state index in [-0.39, 0.29) is 0 Å². The molecule has 0 radical (unpaired) electrons. The molecule has 0 spiro atoms. The van der Waals surface area contributed by atoms with Crippen molar-refractivity contribution in [2.75, 3.05) is 0 Å². The highest BCUT2D eigenvalue weighted by Crippen LogP contribution is 2.17. The summed E-state index contributed by atoms with van der Waals surface area (Å²) in [5.74, 6) is 0. The third-order valence-corrected chi connectivity index (χ3v) is 1.51. The summed E-state index contributed by atoms with van der Waals surface area (Å²) in [4.78, 5) is 0.949. The van der Waals surface area contributed by atoms with Crippen molar-refractivity contribution in [2.24, 2.45) is 0 Å². The van der Waals surface area contributed by atoms with E-state index in [4.69, 9.17) is 4.52 Å². The first kappa shape index (κ1) is 4.99. The van der Waals surface area contributed by atoms with E-state index < -0.39 is 0 Å². The zero-order valence-corrected chi connectivity index (χ0v) is 5.48. The summed E-state index contributed by atoms with van der Waals surface area (Å²) in [6.07, 6.45) is 0. The lowest BCUT2D eigenvalue weighted by Gasteiger charge is -1.99. The number of aromatic amines is 1. The van der Waals surface area contributed by atoms with Crippen LogP contribution in [0, 0.1) is 0 Å². The van der Waals surface area contributed by atoms with E-state index in [1.165, 1.54) is 0 Å². The number of benzene rings is 1. The normalized spacial score (nSPS) is 10.8. The highest BCUT2D eigenvalue weighted by atomic mass is 32.1. The minimum atomic E-state index is 0.896. The highest BCUT2D eigenvalue weighted by Gasteiger charge is 1.97. The Kier molecular flexibility index (Phi) is 0.873. The van der Waals surface area contributed by atoms with Gasteiger partial charge in [0.1, 0.15) is 5.52 Å². The van der Waals surface area contributed by atoms with Crippen molar-refractivity contribution < 1.29 is 4.52 Å². The fraction of sp³-hybridized carbons (Fsp3) is 0. The van der Waals surface area contributed by atoms with Crippen molar-refractivity contribution in [3.05, 3.63) is 18.2 Å². The Hall–Kier alpha value is -0.830. The lowest BCUT2D eigenvalue weighted by atomic mass is 10.3.